The third kappa shape index (κ3) is 4.61. The molecule has 0 unspecified atom stereocenters. The van der Waals surface area contributed by atoms with Crippen LogP contribution in [-0.4, -0.2) is 17.7 Å². The Balaban J connectivity index is 2.72. The number of carbonyl (C=O) groups excluding carboxylic acids is 2. The first-order valence-corrected chi connectivity index (χ1v) is 6.76. The Morgan fingerprint density at radius 3 is 2.22 bits per heavy atom. The van der Waals surface area contributed by atoms with E-state index >= 15 is 0 Å². The molecular formula is C14H18BrNO2. The van der Waals surface area contributed by atoms with E-state index in [9.17, 15) is 9.59 Å². The number of hydrogen-bond acceptors (Lipinski definition) is 2. The maximum atomic E-state index is 12.0. The highest BCUT2D eigenvalue weighted by Gasteiger charge is 2.18. The van der Waals surface area contributed by atoms with Crippen LogP contribution < -0.4 is 5.32 Å². The Morgan fingerprint density at radius 2 is 1.78 bits per heavy atom. The fourth-order valence-electron chi connectivity index (χ4n) is 1.64. The topological polar surface area (TPSA) is 46.2 Å². The summed E-state index contributed by atoms with van der Waals surface area (Å²) in [6.07, 6.45) is 0.664. The molecule has 0 aliphatic heterocycles. The predicted molar refractivity (Wildman–Crippen MR) is 75.5 cm³/mol. The van der Waals surface area contributed by atoms with Crippen LogP contribution in [0.2, 0.25) is 0 Å². The first-order chi connectivity index (χ1) is 8.40. The average Bonchev–Trinajstić information content (AvgIpc) is 2.28. The van der Waals surface area contributed by atoms with E-state index in [1.165, 1.54) is 6.92 Å². The molecule has 0 saturated carbocycles. The summed E-state index contributed by atoms with van der Waals surface area (Å²) in [5, 5.41) is 2.78. The SMILES string of the molecule is CC(=O)[C@H](CC(C)C)NC(=O)c1ccc(Br)cc1. The summed E-state index contributed by atoms with van der Waals surface area (Å²) >= 11 is 3.32. The third-order valence-corrected chi connectivity index (χ3v) is 3.14. The van der Waals surface area contributed by atoms with Crippen molar-refractivity contribution in [1.29, 1.82) is 0 Å². The van der Waals surface area contributed by atoms with Crippen LogP contribution in [0.1, 0.15) is 37.6 Å². The molecule has 18 heavy (non-hydrogen) atoms. The minimum atomic E-state index is -0.402. The molecule has 0 aliphatic carbocycles. The largest absolute Gasteiger partial charge is 0.342 e. The van der Waals surface area contributed by atoms with Crippen LogP contribution in [0.4, 0.5) is 0 Å². The molecule has 0 radical (unpaired) electrons. The number of benzene rings is 1. The maximum Gasteiger partial charge on any atom is 0.251 e. The zero-order valence-electron chi connectivity index (χ0n) is 10.9. The predicted octanol–water partition coefficient (Wildman–Crippen LogP) is 3.18. The molecule has 3 nitrogen and oxygen atoms in total. The van der Waals surface area contributed by atoms with Crippen LogP contribution in [0.25, 0.3) is 0 Å². The first-order valence-electron chi connectivity index (χ1n) is 5.97. The van der Waals surface area contributed by atoms with Gasteiger partial charge in [-0.15, -0.1) is 0 Å². The van der Waals surface area contributed by atoms with Gasteiger partial charge in [0.05, 0.1) is 6.04 Å². The molecule has 1 amide bonds. The lowest BCUT2D eigenvalue weighted by Gasteiger charge is -2.17. The van der Waals surface area contributed by atoms with Gasteiger partial charge in [-0.25, -0.2) is 0 Å². The number of nitrogens with one attached hydrogen (secondary N) is 1. The van der Waals surface area contributed by atoms with E-state index < -0.39 is 6.04 Å². The smallest absolute Gasteiger partial charge is 0.251 e. The number of carbonyl (C=O) groups is 2. The van der Waals surface area contributed by atoms with E-state index in [4.69, 9.17) is 0 Å². The van der Waals surface area contributed by atoms with E-state index in [1.807, 2.05) is 13.8 Å². The summed E-state index contributed by atoms with van der Waals surface area (Å²) < 4.78 is 0.921. The van der Waals surface area contributed by atoms with Gasteiger partial charge >= 0.3 is 0 Å². The summed E-state index contributed by atoms with van der Waals surface area (Å²) in [5.41, 5.74) is 0.563. The van der Waals surface area contributed by atoms with Crippen molar-refractivity contribution in [1.82, 2.24) is 5.32 Å². The summed E-state index contributed by atoms with van der Waals surface area (Å²) in [5.74, 6) is 0.154. The van der Waals surface area contributed by atoms with Crippen molar-refractivity contribution < 1.29 is 9.59 Å². The molecule has 1 aromatic carbocycles. The second kappa shape index (κ2) is 6.69. The molecule has 0 aliphatic rings. The number of amides is 1. The van der Waals surface area contributed by atoms with Crippen LogP contribution in [0.3, 0.4) is 0 Å². The second-order valence-corrected chi connectivity index (χ2v) is 5.69. The normalized spacial score (nSPS) is 12.3. The monoisotopic (exact) mass is 311 g/mol. The summed E-state index contributed by atoms with van der Waals surface area (Å²) in [7, 11) is 0. The first kappa shape index (κ1) is 14.9. The Labute approximate surface area is 116 Å². The summed E-state index contributed by atoms with van der Waals surface area (Å²) in [6.45, 7) is 5.57. The zero-order valence-corrected chi connectivity index (χ0v) is 12.5. The van der Waals surface area contributed by atoms with Crippen LogP contribution in [-0.2, 0) is 4.79 Å². The number of ketones is 1. The fourth-order valence-corrected chi connectivity index (χ4v) is 1.91. The molecule has 0 fully saturated rings. The molecule has 98 valence electrons. The van der Waals surface area contributed by atoms with Gasteiger partial charge in [-0.05, 0) is 43.5 Å². The van der Waals surface area contributed by atoms with Crippen molar-refractivity contribution >= 4 is 27.6 Å². The molecule has 1 rings (SSSR count). The van der Waals surface area contributed by atoms with Crippen molar-refractivity contribution in [2.24, 2.45) is 5.92 Å². The highest BCUT2D eigenvalue weighted by atomic mass is 79.9. The van der Waals surface area contributed by atoms with Gasteiger partial charge in [-0.2, -0.15) is 0 Å². The fraction of sp³-hybridized carbons (Fsp3) is 0.429. The Hall–Kier alpha value is -1.16. The van der Waals surface area contributed by atoms with Gasteiger partial charge in [0.15, 0.2) is 5.78 Å². The van der Waals surface area contributed by atoms with E-state index in [0.717, 1.165) is 4.47 Å². The lowest BCUT2D eigenvalue weighted by Crippen LogP contribution is -2.40. The molecule has 0 spiro atoms. The van der Waals surface area contributed by atoms with Crippen molar-refractivity contribution in [3.8, 4) is 0 Å². The summed E-state index contributed by atoms with van der Waals surface area (Å²) in [6, 6.07) is 6.67. The molecular weight excluding hydrogens is 294 g/mol. The molecule has 1 N–H and O–H groups in total. The quantitative estimate of drug-likeness (QED) is 0.907. The Bertz CT molecular complexity index is 426. The van der Waals surface area contributed by atoms with Crippen molar-refractivity contribution in [2.45, 2.75) is 33.2 Å². The molecule has 0 saturated heterocycles. The Morgan fingerprint density at radius 1 is 1.22 bits per heavy atom. The zero-order chi connectivity index (χ0) is 13.7. The minimum Gasteiger partial charge on any atom is -0.342 e. The third-order valence-electron chi connectivity index (χ3n) is 2.61. The molecule has 0 aromatic heterocycles. The van der Waals surface area contributed by atoms with E-state index in [-0.39, 0.29) is 11.7 Å². The minimum absolute atomic E-state index is 0.00541. The second-order valence-electron chi connectivity index (χ2n) is 4.77. The lowest BCUT2D eigenvalue weighted by atomic mass is 10.0. The summed E-state index contributed by atoms with van der Waals surface area (Å²) in [4.78, 5) is 23.5. The molecule has 0 heterocycles. The van der Waals surface area contributed by atoms with Crippen LogP contribution in [0.15, 0.2) is 28.7 Å². The molecule has 4 heteroatoms. The van der Waals surface area contributed by atoms with Crippen LogP contribution in [0.5, 0.6) is 0 Å². The van der Waals surface area contributed by atoms with Gasteiger partial charge in [0.1, 0.15) is 0 Å². The van der Waals surface area contributed by atoms with Crippen molar-refractivity contribution in [3.63, 3.8) is 0 Å². The molecule has 1 aromatic rings. The average molecular weight is 312 g/mol. The molecule has 1 atom stereocenters. The van der Waals surface area contributed by atoms with Gasteiger partial charge in [0.2, 0.25) is 0 Å². The number of rotatable bonds is 5. The van der Waals surface area contributed by atoms with E-state index in [0.29, 0.717) is 17.9 Å². The van der Waals surface area contributed by atoms with Gasteiger partial charge in [-0.3, -0.25) is 9.59 Å². The van der Waals surface area contributed by atoms with E-state index in [2.05, 4.69) is 21.2 Å². The highest BCUT2D eigenvalue weighted by molar-refractivity contribution is 9.10. The lowest BCUT2D eigenvalue weighted by molar-refractivity contribution is -0.119. The van der Waals surface area contributed by atoms with Crippen LogP contribution >= 0.6 is 15.9 Å². The Kier molecular flexibility index (Phi) is 5.54. The van der Waals surface area contributed by atoms with Crippen molar-refractivity contribution in [2.75, 3.05) is 0 Å². The molecule has 0 bridgehead atoms. The number of hydrogen-bond donors (Lipinski definition) is 1. The standard InChI is InChI=1S/C14H18BrNO2/c1-9(2)8-13(10(3)17)16-14(18)11-4-6-12(15)7-5-11/h4-7,9,13H,8H2,1-3H3,(H,16,18)/t13-/m0/s1. The van der Waals surface area contributed by atoms with E-state index in [1.54, 1.807) is 24.3 Å². The maximum absolute atomic E-state index is 12.0. The van der Waals surface area contributed by atoms with Crippen LogP contribution in [0, 0.1) is 5.92 Å². The highest BCUT2D eigenvalue weighted by Crippen LogP contribution is 2.11. The number of Topliss-reactive ketones (excluding diaryl/α,β-unsaturated/α-hetero) is 1. The number of halogens is 1. The van der Waals surface area contributed by atoms with Gasteiger partial charge in [0, 0.05) is 10.0 Å². The van der Waals surface area contributed by atoms with Crippen molar-refractivity contribution in [3.05, 3.63) is 34.3 Å². The van der Waals surface area contributed by atoms with Gasteiger partial charge in [-0.1, -0.05) is 29.8 Å². The van der Waals surface area contributed by atoms with Gasteiger partial charge < -0.3 is 5.32 Å². The van der Waals surface area contributed by atoms with Gasteiger partial charge in [0.25, 0.3) is 5.91 Å².